The molecule has 0 aromatic carbocycles. The van der Waals surface area contributed by atoms with E-state index in [1.807, 2.05) is 12.5 Å². The zero-order chi connectivity index (χ0) is 17.2. The van der Waals surface area contributed by atoms with Crippen LogP contribution in [-0.2, 0) is 0 Å². The molecular formula is C22H32N2O. The highest BCUT2D eigenvalue weighted by atomic mass is 16.3. The smallest absolute Gasteiger partial charge is 0.0989 e. The molecule has 4 aliphatic carbocycles. The predicted octanol–water partition coefficient (Wildman–Crippen LogP) is 4.74. The molecule has 3 heteroatoms. The maximum atomic E-state index is 11.0. The average molecular weight is 341 g/mol. The van der Waals surface area contributed by atoms with Gasteiger partial charge in [0.25, 0.3) is 0 Å². The van der Waals surface area contributed by atoms with E-state index in [0.717, 1.165) is 12.3 Å². The molecule has 0 bridgehead atoms. The number of imidazole rings is 1. The Labute approximate surface area is 151 Å². The third-order valence-electron chi connectivity index (χ3n) is 8.91. The Bertz CT molecular complexity index is 680. The number of rotatable bonds is 1. The van der Waals surface area contributed by atoms with E-state index < -0.39 is 0 Å². The Morgan fingerprint density at radius 2 is 2.00 bits per heavy atom. The van der Waals surface area contributed by atoms with Crippen LogP contribution < -0.4 is 0 Å². The van der Waals surface area contributed by atoms with Crippen LogP contribution in [0.25, 0.3) is 5.70 Å². The second-order valence-corrected chi connectivity index (χ2v) is 9.79. The van der Waals surface area contributed by atoms with Gasteiger partial charge in [0.05, 0.1) is 12.4 Å². The van der Waals surface area contributed by atoms with Crippen molar-refractivity contribution < 1.29 is 5.11 Å². The highest BCUT2D eigenvalue weighted by Crippen LogP contribution is 2.66. The predicted molar refractivity (Wildman–Crippen MR) is 99.6 cm³/mol. The molecule has 1 N–H and O–H groups in total. The second-order valence-electron chi connectivity index (χ2n) is 9.79. The molecule has 0 aliphatic heterocycles. The van der Waals surface area contributed by atoms with Gasteiger partial charge < -0.3 is 9.67 Å². The van der Waals surface area contributed by atoms with Crippen molar-refractivity contribution in [2.24, 2.45) is 34.5 Å². The van der Waals surface area contributed by atoms with Crippen LogP contribution in [0.1, 0.15) is 65.2 Å². The molecule has 3 unspecified atom stereocenters. The average Bonchev–Trinajstić information content (AvgIpc) is 3.21. The van der Waals surface area contributed by atoms with E-state index >= 15 is 0 Å². The largest absolute Gasteiger partial charge is 0.393 e. The summed E-state index contributed by atoms with van der Waals surface area (Å²) in [6, 6.07) is 0. The Hall–Kier alpha value is -1.09. The van der Waals surface area contributed by atoms with Gasteiger partial charge in [0.2, 0.25) is 0 Å². The Kier molecular flexibility index (Phi) is 3.51. The molecule has 1 aromatic heterocycles. The van der Waals surface area contributed by atoms with Crippen LogP contribution in [-0.4, -0.2) is 20.8 Å². The fraction of sp³-hybridized carbons (Fsp3) is 0.773. The van der Waals surface area contributed by atoms with Gasteiger partial charge in [-0.15, -0.1) is 0 Å². The first-order valence-corrected chi connectivity index (χ1v) is 10.4. The quantitative estimate of drug-likeness (QED) is 0.802. The van der Waals surface area contributed by atoms with Crippen molar-refractivity contribution in [2.75, 3.05) is 0 Å². The van der Waals surface area contributed by atoms with Crippen LogP contribution in [0.2, 0.25) is 0 Å². The molecule has 3 saturated carbocycles. The number of fused-ring (bicyclic) bond motifs is 5. The molecule has 0 radical (unpaired) electrons. The summed E-state index contributed by atoms with van der Waals surface area (Å²) >= 11 is 0. The van der Waals surface area contributed by atoms with Crippen LogP contribution in [0.4, 0.5) is 0 Å². The Morgan fingerprint density at radius 1 is 1.12 bits per heavy atom. The molecule has 0 amide bonds. The lowest BCUT2D eigenvalue weighted by Crippen LogP contribution is -2.56. The maximum absolute atomic E-state index is 11.0. The van der Waals surface area contributed by atoms with E-state index in [1.165, 1.54) is 50.6 Å². The summed E-state index contributed by atoms with van der Waals surface area (Å²) in [5.41, 5.74) is 2.08. The monoisotopic (exact) mass is 340 g/mol. The fourth-order valence-corrected chi connectivity index (χ4v) is 7.70. The number of nitrogens with zero attached hydrogens (tertiary/aromatic N) is 2. The summed E-state index contributed by atoms with van der Waals surface area (Å²) in [5.74, 6) is 2.74. The second kappa shape index (κ2) is 5.45. The maximum Gasteiger partial charge on any atom is 0.0989 e. The lowest BCUT2D eigenvalue weighted by Gasteiger charge is -2.61. The Morgan fingerprint density at radius 3 is 2.80 bits per heavy atom. The summed E-state index contributed by atoms with van der Waals surface area (Å²) in [7, 11) is 0. The molecule has 3 fully saturated rings. The van der Waals surface area contributed by atoms with Gasteiger partial charge in [-0.3, -0.25) is 0 Å². The van der Waals surface area contributed by atoms with Gasteiger partial charge in [0.1, 0.15) is 0 Å². The highest BCUT2D eigenvalue weighted by molar-refractivity contribution is 5.56. The van der Waals surface area contributed by atoms with Gasteiger partial charge >= 0.3 is 0 Å². The standard InChI is InChI=1S/C22H32N2O/c1-21-9-4-3-5-18(21)19(25)13-15-16-6-7-20(24-12-11-23-14-24)22(16,2)10-8-17(15)21/h7,11-12,14-19,25H,3-6,8-10,13H2,1-2H3/t15-,16-,17?,18?,19?,21+,22-/m0/s1. The summed E-state index contributed by atoms with van der Waals surface area (Å²) < 4.78 is 2.24. The van der Waals surface area contributed by atoms with Gasteiger partial charge in [-0.2, -0.15) is 0 Å². The van der Waals surface area contributed by atoms with Gasteiger partial charge in [-0.1, -0.05) is 32.8 Å². The molecule has 25 heavy (non-hydrogen) atoms. The molecule has 136 valence electrons. The van der Waals surface area contributed by atoms with Gasteiger partial charge in [0.15, 0.2) is 0 Å². The first-order chi connectivity index (χ1) is 12.0. The first-order valence-electron chi connectivity index (χ1n) is 10.4. The zero-order valence-corrected chi connectivity index (χ0v) is 15.7. The summed E-state index contributed by atoms with van der Waals surface area (Å²) in [6.45, 7) is 5.01. The topological polar surface area (TPSA) is 38.0 Å². The van der Waals surface area contributed by atoms with Crippen molar-refractivity contribution in [1.29, 1.82) is 0 Å². The minimum Gasteiger partial charge on any atom is -0.393 e. The summed E-state index contributed by atoms with van der Waals surface area (Å²) in [4.78, 5) is 4.28. The van der Waals surface area contributed by atoms with E-state index in [9.17, 15) is 5.11 Å². The molecule has 0 spiro atoms. The molecule has 1 heterocycles. The van der Waals surface area contributed by atoms with Crippen LogP contribution in [0.5, 0.6) is 0 Å². The van der Waals surface area contributed by atoms with E-state index in [0.29, 0.717) is 23.2 Å². The SMILES string of the molecule is C[C@]12CCCCC1C(O)C[C@@H]1C2CC[C@]2(C)C(n3ccnc3)=CC[C@@H]12. The molecular weight excluding hydrogens is 308 g/mol. The van der Waals surface area contributed by atoms with Crippen molar-refractivity contribution in [2.45, 2.75) is 71.3 Å². The molecule has 4 aliphatic rings. The lowest BCUT2D eigenvalue weighted by atomic mass is 9.44. The number of aliphatic hydroxyl groups is 1. The summed E-state index contributed by atoms with van der Waals surface area (Å²) in [6.07, 6.45) is 18.5. The molecule has 7 atom stereocenters. The number of aromatic nitrogens is 2. The minimum atomic E-state index is -0.0776. The molecule has 5 rings (SSSR count). The van der Waals surface area contributed by atoms with Gasteiger partial charge in [-0.05, 0) is 67.6 Å². The van der Waals surface area contributed by atoms with Crippen LogP contribution in [0.15, 0.2) is 24.8 Å². The van der Waals surface area contributed by atoms with E-state index in [2.05, 4.69) is 35.7 Å². The van der Waals surface area contributed by atoms with Crippen molar-refractivity contribution in [3.05, 3.63) is 24.8 Å². The molecule has 0 saturated heterocycles. The lowest BCUT2D eigenvalue weighted by molar-refractivity contribution is -0.149. The number of aliphatic hydroxyl groups excluding tert-OH is 1. The minimum absolute atomic E-state index is 0.0776. The van der Waals surface area contributed by atoms with Gasteiger partial charge in [-0.25, -0.2) is 4.98 Å². The first kappa shape index (κ1) is 16.1. The Balaban J connectivity index is 1.49. The van der Waals surface area contributed by atoms with Crippen molar-refractivity contribution in [3.63, 3.8) is 0 Å². The third-order valence-corrected chi connectivity index (χ3v) is 8.91. The normalized spacial score (nSPS) is 49.1. The van der Waals surface area contributed by atoms with Gasteiger partial charge in [0, 0.05) is 23.5 Å². The van der Waals surface area contributed by atoms with E-state index in [1.54, 1.807) is 0 Å². The summed E-state index contributed by atoms with van der Waals surface area (Å²) in [5, 5.41) is 11.0. The fourth-order valence-electron chi connectivity index (χ4n) is 7.70. The number of allylic oxidation sites excluding steroid dienone is 2. The van der Waals surface area contributed by atoms with Crippen LogP contribution in [0, 0.1) is 34.5 Å². The zero-order valence-electron chi connectivity index (χ0n) is 15.7. The van der Waals surface area contributed by atoms with E-state index in [4.69, 9.17) is 0 Å². The number of hydrogen-bond donors (Lipinski definition) is 1. The highest BCUT2D eigenvalue weighted by Gasteiger charge is 2.60. The molecule has 3 nitrogen and oxygen atoms in total. The third kappa shape index (κ3) is 2.11. The van der Waals surface area contributed by atoms with Crippen molar-refractivity contribution >= 4 is 5.70 Å². The van der Waals surface area contributed by atoms with Crippen LogP contribution >= 0.6 is 0 Å². The van der Waals surface area contributed by atoms with Crippen LogP contribution in [0.3, 0.4) is 0 Å². The van der Waals surface area contributed by atoms with E-state index in [-0.39, 0.29) is 11.5 Å². The van der Waals surface area contributed by atoms with Crippen molar-refractivity contribution in [1.82, 2.24) is 9.55 Å². The number of hydrogen-bond acceptors (Lipinski definition) is 2. The molecule has 1 aromatic rings. The van der Waals surface area contributed by atoms with Crippen molar-refractivity contribution in [3.8, 4) is 0 Å².